The van der Waals surface area contributed by atoms with Gasteiger partial charge in [0, 0.05) is 18.1 Å². The highest BCUT2D eigenvalue weighted by molar-refractivity contribution is 5.78. The molecular formula is C16H20N2O2. The van der Waals surface area contributed by atoms with E-state index in [0.29, 0.717) is 6.54 Å². The van der Waals surface area contributed by atoms with Crippen LogP contribution >= 0.6 is 0 Å². The number of hydrogen-bond donors (Lipinski definition) is 0. The number of esters is 1. The van der Waals surface area contributed by atoms with Gasteiger partial charge in [0.15, 0.2) is 0 Å². The van der Waals surface area contributed by atoms with Gasteiger partial charge in [0.1, 0.15) is 0 Å². The SMILES string of the molecule is CCCN(CC(=O)OC)Cc1ccc2ncccc2c1. The van der Waals surface area contributed by atoms with Crippen LogP contribution in [-0.2, 0) is 16.1 Å². The first kappa shape index (κ1) is 14.5. The highest BCUT2D eigenvalue weighted by Gasteiger charge is 2.11. The third-order valence-corrected chi connectivity index (χ3v) is 3.19. The van der Waals surface area contributed by atoms with Crippen molar-refractivity contribution < 1.29 is 9.53 Å². The highest BCUT2D eigenvalue weighted by atomic mass is 16.5. The van der Waals surface area contributed by atoms with Crippen molar-refractivity contribution in [3.63, 3.8) is 0 Å². The van der Waals surface area contributed by atoms with Crippen LogP contribution in [0.1, 0.15) is 18.9 Å². The van der Waals surface area contributed by atoms with Crippen molar-refractivity contribution in [1.29, 1.82) is 0 Å². The van der Waals surface area contributed by atoms with E-state index in [0.717, 1.165) is 30.4 Å². The van der Waals surface area contributed by atoms with Crippen LogP contribution in [0.5, 0.6) is 0 Å². The first-order valence-electron chi connectivity index (χ1n) is 6.85. The lowest BCUT2D eigenvalue weighted by atomic mass is 10.1. The predicted octanol–water partition coefficient (Wildman–Crippen LogP) is 2.62. The van der Waals surface area contributed by atoms with Gasteiger partial charge >= 0.3 is 5.97 Å². The second kappa shape index (κ2) is 7.01. The van der Waals surface area contributed by atoms with Gasteiger partial charge in [-0.15, -0.1) is 0 Å². The third kappa shape index (κ3) is 3.78. The molecule has 0 unspecified atom stereocenters. The fourth-order valence-electron chi connectivity index (χ4n) is 2.26. The van der Waals surface area contributed by atoms with Gasteiger partial charge in [-0.3, -0.25) is 14.7 Å². The molecule has 0 spiro atoms. The molecule has 0 aliphatic heterocycles. The molecule has 0 aliphatic carbocycles. The van der Waals surface area contributed by atoms with Crippen LogP contribution in [0.25, 0.3) is 10.9 Å². The summed E-state index contributed by atoms with van der Waals surface area (Å²) >= 11 is 0. The van der Waals surface area contributed by atoms with E-state index in [9.17, 15) is 4.79 Å². The van der Waals surface area contributed by atoms with E-state index in [-0.39, 0.29) is 5.97 Å². The Morgan fingerprint density at radius 1 is 1.35 bits per heavy atom. The molecule has 0 N–H and O–H groups in total. The summed E-state index contributed by atoms with van der Waals surface area (Å²) in [7, 11) is 1.42. The van der Waals surface area contributed by atoms with E-state index < -0.39 is 0 Å². The van der Waals surface area contributed by atoms with E-state index in [4.69, 9.17) is 4.74 Å². The van der Waals surface area contributed by atoms with Gasteiger partial charge in [-0.25, -0.2) is 0 Å². The van der Waals surface area contributed by atoms with Crippen LogP contribution in [0.15, 0.2) is 36.5 Å². The summed E-state index contributed by atoms with van der Waals surface area (Å²) in [6.07, 6.45) is 2.80. The van der Waals surface area contributed by atoms with E-state index in [1.54, 1.807) is 6.20 Å². The van der Waals surface area contributed by atoms with Gasteiger partial charge in [0.25, 0.3) is 0 Å². The van der Waals surface area contributed by atoms with E-state index in [2.05, 4.69) is 35.0 Å². The molecule has 4 nitrogen and oxygen atoms in total. The third-order valence-electron chi connectivity index (χ3n) is 3.19. The summed E-state index contributed by atoms with van der Waals surface area (Å²) in [6.45, 7) is 4.05. The van der Waals surface area contributed by atoms with E-state index in [1.807, 2.05) is 12.1 Å². The van der Waals surface area contributed by atoms with Crippen molar-refractivity contribution >= 4 is 16.9 Å². The maximum absolute atomic E-state index is 11.4. The van der Waals surface area contributed by atoms with Crippen LogP contribution in [0.4, 0.5) is 0 Å². The average molecular weight is 272 g/mol. The topological polar surface area (TPSA) is 42.4 Å². The Labute approximate surface area is 119 Å². The summed E-state index contributed by atoms with van der Waals surface area (Å²) in [5, 5.41) is 1.12. The molecule has 0 fully saturated rings. The quantitative estimate of drug-likeness (QED) is 0.758. The number of pyridine rings is 1. The smallest absolute Gasteiger partial charge is 0.319 e. The molecule has 20 heavy (non-hydrogen) atoms. The number of nitrogens with zero attached hydrogens (tertiary/aromatic N) is 2. The van der Waals surface area contributed by atoms with Gasteiger partial charge < -0.3 is 4.74 Å². The molecule has 0 bridgehead atoms. The Morgan fingerprint density at radius 2 is 2.20 bits per heavy atom. The van der Waals surface area contributed by atoms with Crippen molar-refractivity contribution in [1.82, 2.24) is 9.88 Å². The van der Waals surface area contributed by atoms with Crippen LogP contribution in [-0.4, -0.2) is 36.1 Å². The summed E-state index contributed by atoms with van der Waals surface area (Å²) in [6, 6.07) is 10.2. The summed E-state index contributed by atoms with van der Waals surface area (Å²) < 4.78 is 4.74. The summed E-state index contributed by atoms with van der Waals surface area (Å²) in [5.74, 6) is -0.194. The molecule has 1 heterocycles. The number of carbonyl (C=O) groups excluding carboxylic acids is 1. The number of methoxy groups -OCH3 is 1. The van der Waals surface area contributed by atoms with Crippen LogP contribution < -0.4 is 0 Å². The maximum Gasteiger partial charge on any atom is 0.319 e. The lowest BCUT2D eigenvalue weighted by Gasteiger charge is -2.20. The minimum absolute atomic E-state index is 0.194. The molecule has 0 saturated carbocycles. The fourth-order valence-corrected chi connectivity index (χ4v) is 2.26. The van der Waals surface area contributed by atoms with Gasteiger partial charge in [-0.2, -0.15) is 0 Å². The fraction of sp³-hybridized carbons (Fsp3) is 0.375. The number of rotatable bonds is 6. The average Bonchev–Trinajstić information content (AvgIpc) is 2.47. The molecule has 0 aliphatic rings. The number of carbonyl (C=O) groups is 1. The molecule has 0 amide bonds. The molecule has 0 atom stereocenters. The largest absolute Gasteiger partial charge is 0.468 e. The molecule has 2 aromatic rings. The van der Waals surface area contributed by atoms with E-state index >= 15 is 0 Å². The minimum atomic E-state index is -0.194. The molecule has 1 aromatic heterocycles. The number of benzene rings is 1. The lowest BCUT2D eigenvalue weighted by Crippen LogP contribution is -2.30. The zero-order valence-corrected chi connectivity index (χ0v) is 12.0. The predicted molar refractivity (Wildman–Crippen MR) is 79.3 cm³/mol. The molecular weight excluding hydrogens is 252 g/mol. The summed E-state index contributed by atoms with van der Waals surface area (Å²) in [4.78, 5) is 17.8. The Kier molecular flexibility index (Phi) is 5.07. The lowest BCUT2D eigenvalue weighted by molar-refractivity contribution is -0.142. The number of fused-ring (bicyclic) bond motifs is 1. The van der Waals surface area contributed by atoms with Gasteiger partial charge in [-0.05, 0) is 36.7 Å². The maximum atomic E-state index is 11.4. The molecule has 2 rings (SSSR count). The van der Waals surface area contributed by atoms with Crippen molar-refractivity contribution in [2.24, 2.45) is 0 Å². The second-order valence-electron chi connectivity index (χ2n) is 4.82. The molecule has 106 valence electrons. The minimum Gasteiger partial charge on any atom is -0.468 e. The Morgan fingerprint density at radius 3 is 2.95 bits per heavy atom. The zero-order valence-electron chi connectivity index (χ0n) is 12.0. The van der Waals surface area contributed by atoms with Gasteiger partial charge in [0.2, 0.25) is 0 Å². The van der Waals surface area contributed by atoms with Crippen LogP contribution in [0.3, 0.4) is 0 Å². The highest BCUT2D eigenvalue weighted by Crippen LogP contribution is 2.15. The van der Waals surface area contributed by atoms with E-state index in [1.165, 1.54) is 12.7 Å². The normalized spacial score (nSPS) is 10.9. The van der Waals surface area contributed by atoms with Gasteiger partial charge in [-0.1, -0.05) is 19.1 Å². The van der Waals surface area contributed by atoms with Crippen LogP contribution in [0, 0.1) is 0 Å². The number of ether oxygens (including phenoxy) is 1. The molecule has 0 saturated heterocycles. The van der Waals surface area contributed by atoms with Crippen LogP contribution in [0.2, 0.25) is 0 Å². The number of hydrogen-bond acceptors (Lipinski definition) is 4. The standard InChI is InChI=1S/C16H20N2O2/c1-3-9-18(12-16(19)20-2)11-13-6-7-15-14(10-13)5-4-8-17-15/h4-8,10H,3,9,11-12H2,1-2H3. The van der Waals surface area contributed by atoms with Crippen molar-refractivity contribution in [3.8, 4) is 0 Å². The molecule has 4 heteroatoms. The Bertz CT molecular complexity index is 583. The monoisotopic (exact) mass is 272 g/mol. The second-order valence-corrected chi connectivity index (χ2v) is 4.82. The van der Waals surface area contributed by atoms with Crippen molar-refractivity contribution in [3.05, 3.63) is 42.1 Å². The molecule has 1 aromatic carbocycles. The van der Waals surface area contributed by atoms with Crippen molar-refractivity contribution in [2.75, 3.05) is 20.2 Å². The Balaban J connectivity index is 2.12. The van der Waals surface area contributed by atoms with Gasteiger partial charge in [0.05, 0.1) is 19.2 Å². The van der Waals surface area contributed by atoms with Crippen molar-refractivity contribution in [2.45, 2.75) is 19.9 Å². The Hall–Kier alpha value is -1.94. The number of aromatic nitrogens is 1. The summed E-state index contributed by atoms with van der Waals surface area (Å²) in [5.41, 5.74) is 2.18. The zero-order chi connectivity index (χ0) is 14.4. The molecule has 0 radical (unpaired) electrons. The first-order valence-corrected chi connectivity index (χ1v) is 6.85. The first-order chi connectivity index (χ1) is 9.72.